The largest absolute Gasteiger partial charge is 0.472 e. The van der Waals surface area contributed by atoms with Gasteiger partial charge >= 0.3 is 0 Å². The summed E-state index contributed by atoms with van der Waals surface area (Å²) in [4.78, 5) is 11.8. The second-order valence-electron chi connectivity index (χ2n) is 9.19. The molecule has 1 fully saturated rings. The maximum Gasteiger partial charge on any atom is 0.136 e. The van der Waals surface area contributed by atoms with Crippen LogP contribution < -0.4 is 5.73 Å². The van der Waals surface area contributed by atoms with E-state index in [1.54, 1.807) is 35.2 Å². The molecule has 0 amide bonds. The predicted octanol–water partition coefficient (Wildman–Crippen LogP) is 6.56. The molecule has 2 aromatic carbocycles. The van der Waals surface area contributed by atoms with E-state index in [1.165, 1.54) is 0 Å². The molecule has 0 aliphatic heterocycles. The van der Waals surface area contributed by atoms with E-state index >= 15 is 0 Å². The van der Waals surface area contributed by atoms with Crippen molar-refractivity contribution in [2.45, 2.75) is 30.9 Å². The lowest BCUT2D eigenvalue weighted by molar-refractivity contribution is -0.0738. The van der Waals surface area contributed by atoms with Gasteiger partial charge in [-0.05, 0) is 37.0 Å². The first-order chi connectivity index (χ1) is 16.4. The SMILES string of the molecule is C[C@]1(O)C[C@@](N)(c2ccc(-c3nc(-c4cnc(-c5ccoc5)s4)sc3-c3ccccc3)cc2)C1. The molecular formula is C27H23N3O2S2. The highest BCUT2D eigenvalue weighted by Crippen LogP contribution is 2.47. The molecule has 0 radical (unpaired) electrons. The van der Waals surface area contributed by atoms with E-state index in [0.717, 1.165) is 47.7 Å². The van der Waals surface area contributed by atoms with Crippen LogP contribution in [0, 0.1) is 0 Å². The Balaban J connectivity index is 1.39. The van der Waals surface area contributed by atoms with Crippen molar-refractivity contribution in [3.8, 4) is 42.2 Å². The number of thiazole rings is 2. The molecule has 34 heavy (non-hydrogen) atoms. The lowest BCUT2D eigenvalue weighted by atomic mass is 9.63. The zero-order valence-corrected chi connectivity index (χ0v) is 20.2. The first kappa shape index (κ1) is 21.4. The summed E-state index contributed by atoms with van der Waals surface area (Å²) in [5.74, 6) is 0. The van der Waals surface area contributed by atoms with E-state index < -0.39 is 11.1 Å². The molecule has 5 aromatic rings. The van der Waals surface area contributed by atoms with Crippen LogP contribution in [0.2, 0.25) is 0 Å². The minimum Gasteiger partial charge on any atom is -0.472 e. The van der Waals surface area contributed by atoms with E-state index in [2.05, 4.69) is 41.4 Å². The van der Waals surface area contributed by atoms with Gasteiger partial charge in [0.25, 0.3) is 0 Å². The van der Waals surface area contributed by atoms with E-state index in [1.807, 2.05) is 37.4 Å². The Labute approximate surface area is 205 Å². The summed E-state index contributed by atoms with van der Waals surface area (Å²) in [5.41, 5.74) is 10.5. The highest BCUT2D eigenvalue weighted by Gasteiger charge is 2.49. The van der Waals surface area contributed by atoms with Crippen molar-refractivity contribution in [3.63, 3.8) is 0 Å². The number of nitrogens with zero attached hydrogens (tertiary/aromatic N) is 2. The molecule has 1 aliphatic rings. The fraction of sp³-hybridized carbons (Fsp3) is 0.185. The lowest BCUT2D eigenvalue weighted by Gasteiger charge is -2.49. The fourth-order valence-corrected chi connectivity index (χ4v) is 6.80. The van der Waals surface area contributed by atoms with Gasteiger partial charge in [-0.2, -0.15) is 0 Å². The average molecular weight is 486 g/mol. The number of hydrogen-bond acceptors (Lipinski definition) is 7. The summed E-state index contributed by atoms with van der Waals surface area (Å²) in [6, 6.07) is 20.6. The van der Waals surface area contributed by atoms with Gasteiger partial charge in [-0.25, -0.2) is 9.97 Å². The Bertz CT molecular complexity index is 1430. The fourth-order valence-electron chi connectivity index (χ4n) is 4.77. The number of aromatic nitrogens is 2. The van der Waals surface area contributed by atoms with Crippen LogP contribution in [0.25, 0.3) is 42.2 Å². The smallest absolute Gasteiger partial charge is 0.136 e. The Morgan fingerprint density at radius 3 is 2.35 bits per heavy atom. The number of nitrogens with two attached hydrogens (primary N) is 1. The normalized spacial score (nSPS) is 22.0. The molecule has 3 heterocycles. The van der Waals surface area contributed by atoms with Crippen LogP contribution in [-0.4, -0.2) is 20.7 Å². The van der Waals surface area contributed by atoms with E-state index in [-0.39, 0.29) is 0 Å². The van der Waals surface area contributed by atoms with Crippen LogP contribution in [0.15, 0.2) is 83.8 Å². The third kappa shape index (κ3) is 3.80. The van der Waals surface area contributed by atoms with Crippen LogP contribution in [-0.2, 0) is 5.54 Å². The van der Waals surface area contributed by atoms with Gasteiger partial charge in [0.1, 0.15) is 16.3 Å². The predicted molar refractivity (Wildman–Crippen MR) is 138 cm³/mol. The molecule has 1 saturated carbocycles. The Kier molecular flexibility index (Phi) is 5.04. The van der Waals surface area contributed by atoms with Gasteiger partial charge in [0.2, 0.25) is 0 Å². The van der Waals surface area contributed by atoms with Crippen LogP contribution in [0.1, 0.15) is 25.3 Å². The summed E-state index contributed by atoms with van der Waals surface area (Å²) in [5, 5.41) is 12.0. The Morgan fingerprint density at radius 1 is 0.912 bits per heavy atom. The molecule has 0 saturated heterocycles. The first-order valence-corrected chi connectivity index (χ1v) is 12.7. The van der Waals surface area contributed by atoms with Crippen LogP contribution in [0.5, 0.6) is 0 Å². The molecule has 6 rings (SSSR count). The van der Waals surface area contributed by atoms with Gasteiger partial charge in [-0.15, -0.1) is 22.7 Å². The van der Waals surface area contributed by atoms with Gasteiger partial charge in [-0.3, -0.25) is 0 Å². The summed E-state index contributed by atoms with van der Waals surface area (Å²) in [6.45, 7) is 1.84. The van der Waals surface area contributed by atoms with Crippen molar-refractivity contribution < 1.29 is 9.52 Å². The van der Waals surface area contributed by atoms with Crippen molar-refractivity contribution in [3.05, 3.63) is 85.0 Å². The zero-order valence-electron chi connectivity index (χ0n) is 18.6. The zero-order chi connectivity index (χ0) is 23.3. The second kappa shape index (κ2) is 7.99. The highest BCUT2D eigenvalue weighted by molar-refractivity contribution is 7.25. The molecule has 7 heteroatoms. The molecule has 0 atom stereocenters. The highest BCUT2D eigenvalue weighted by atomic mass is 32.1. The third-order valence-corrected chi connectivity index (χ3v) is 8.59. The molecule has 5 nitrogen and oxygen atoms in total. The maximum atomic E-state index is 10.2. The van der Waals surface area contributed by atoms with E-state index in [0.29, 0.717) is 12.8 Å². The standard InChI is InChI=1S/C27H23N3O2S2/c1-26(31)15-27(28,16-26)20-9-7-17(8-10-20)22-23(18-5-3-2-4-6-18)34-25(30-22)21-13-29-24(33-21)19-11-12-32-14-19/h2-14,31H,15-16,28H2,1H3/t26-,27-. The molecule has 0 unspecified atom stereocenters. The quantitative estimate of drug-likeness (QED) is 0.294. The first-order valence-electron chi connectivity index (χ1n) is 11.1. The lowest BCUT2D eigenvalue weighted by Crippen LogP contribution is -2.58. The Hall–Kier alpha value is -3.10. The van der Waals surface area contributed by atoms with Crippen LogP contribution in [0.4, 0.5) is 0 Å². The van der Waals surface area contributed by atoms with Crippen molar-refractivity contribution in [1.29, 1.82) is 0 Å². The second-order valence-corrected chi connectivity index (χ2v) is 11.2. The Morgan fingerprint density at radius 2 is 1.68 bits per heavy atom. The number of aliphatic hydroxyl groups is 1. The van der Waals surface area contributed by atoms with Crippen molar-refractivity contribution in [2.75, 3.05) is 0 Å². The minimum atomic E-state index is -0.679. The number of furan rings is 1. The maximum absolute atomic E-state index is 10.2. The van der Waals surface area contributed by atoms with Crippen molar-refractivity contribution in [2.24, 2.45) is 5.73 Å². The van der Waals surface area contributed by atoms with Gasteiger partial charge < -0.3 is 15.3 Å². The van der Waals surface area contributed by atoms with E-state index in [9.17, 15) is 5.11 Å². The van der Waals surface area contributed by atoms with Gasteiger partial charge in [0.15, 0.2) is 0 Å². The molecular weight excluding hydrogens is 462 g/mol. The van der Waals surface area contributed by atoms with E-state index in [4.69, 9.17) is 15.1 Å². The summed E-state index contributed by atoms with van der Waals surface area (Å²) >= 11 is 3.28. The molecule has 0 spiro atoms. The van der Waals surface area contributed by atoms with Gasteiger partial charge in [-0.1, -0.05) is 54.6 Å². The summed E-state index contributed by atoms with van der Waals surface area (Å²) in [7, 11) is 0. The topological polar surface area (TPSA) is 85.2 Å². The van der Waals surface area contributed by atoms with Crippen LogP contribution >= 0.6 is 22.7 Å². The van der Waals surface area contributed by atoms with Crippen molar-refractivity contribution in [1.82, 2.24) is 9.97 Å². The van der Waals surface area contributed by atoms with Gasteiger partial charge in [0, 0.05) is 22.9 Å². The number of benzene rings is 2. The molecule has 1 aliphatic carbocycles. The van der Waals surface area contributed by atoms with Crippen LogP contribution in [0.3, 0.4) is 0 Å². The summed E-state index contributed by atoms with van der Waals surface area (Å²) in [6.07, 6.45) is 6.39. The van der Waals surface area contributed by atoms with Crippen molar-refractivity contribution >= 4 is 22.7 Å². The number of rotatable bonds is 5. The van der Waals surface area contributed by atoms with Gasteiger partial charge in [0.05, 0.1) is 27.3 Å². The monoisotopic (exact) mass is 485 g/mol. The minimum absolute atomic E-state index is 0.469. The molecule has 0 bridgehead atoms. The summed E-state index contributed by atoms with van der Waals surface area (Å²) < 4.78 is 5.21. The average Bonchev–Trinajstić information content (AvgIpc) is 3.58. The molecule has 170 valence electrons. The molecule has 3 aromatic heterocycles. The third-order valence-electron chi connectivity index (χ3n) is 6.27. The number of hydrogen-bond donors (Lipinski definition) is 2. The molecule has 3 N–H and O–H groups in total.